The zero-order valence-electron chi connectivity index (χ0n) is 11.3. The number of nitrogens with two attached hydrogens (primary N) is 1. The molecule has 0 aromatic carbocycles. The van der Waals surface area contributed by atoms with Crippen LogP contribution in [-0.2, 0) is 19.7 Å². The van der Waals surface area contributed by atoms with Crippen LogP contribution in [0.15, 0.2) is 0 Å². The molecule has 3 N–H and O–H groups in total. The van der Waals surface area contributed by atoms with E-state index in [-0.39, 0.29) is 18.4 Å². The number of ether oxygens (including phenoxy) is 1. The minimum atomic E-state index is -3.65. The molecular weight excluding hydrogens is 270 g/mol. The number of piperidine rings is 1. The van der Waals surface area contributed by atoms with Gasteiger partial charge in [-0.3, -0.25) is 4.79 Å². The number of nitrogens with zero attached hydrogens (tertiary/aromatic N) is 1. The molecular formula is C11H23N3O4S. The van der Waals surface area contributed by atoms with Crippen molar-refractivity contribution in [3.8, 4) is 0 Å². The lowest BCUT2D eigenvalue weighted by Crippen LogP contribution is -2.44. The van der Waals surface area contributed by atoms with Gasteiger partial charge in [-0.2, -0.15) is 8.42 Å². The first-order chi connectivity index (χ1) is 8.92. The molecule has 8 heteroatoms. The molecule has 1 aliphatic rings. The second-order valence-electron chi connectivity index (χ2n) is 4.69. The molecule has 0 spiro atoms. The van der Waals surface area contributed by atoms with Gasteiger partial charge >= 0.3 is 0 Å². The maximum atomic E-state index is 11.9. The molecule has 1 amide bonds. The summed E-state index contributed by atoms with van der Waals surface area (Å²) in [6, 6.07) is 0. The molecule has 19 heavy (non-hydrogen) atoms. The lowest BCUT2D eigenvalue weighted by atomic mass is 9.98. The van der Waals surface area contributed by atoms with Crippen LogP contribution in [-0.4, -0.2) is 52.1 Å². The van der Waals surface area contributed by atoms with E-state index in [1.54, 1.807) is 4.90 Å². The zero-order chi connectivity index (χ0) is 14.3. The van der Waals surface area contributed by atoms with Crippen molar-refractivity contribution in [3.63, 3.8) is 0 Å². The van der Waals surface area contributed by atoms with Gasteiger partial charge in [-0.15, -0.1) is 0 Å². The van der Waals surface area contributed by atoms with Crippen LogP contribution in [0.2, 0.25) is 0 Å². The number of likely N-dealkylation sites (tertiary alicyclic amines) is 1. The minimum Gasteiger partial charge on any atom is -0.381 e. The third-order valence-electron chi connectivity index (χ3n) is 3.11. The van der Waals surface area contributed by atoms with Gasteiger partial charge in [0.1, 0.15) is 0 Å². The normalized spacial score (nSPS) is 20.5. The molecule has 7 nitrogen and oxygen atoms in total. The van der Waals surface area contributed by atoms with Crippen LogP contribution in [0.1, 0.15) is 26.2 Å². The Hall–Kier alpha value is -0.700. The van der Waals surface area contributed by atoms with Crippen molar-refractivity contribution in [3.05, 3.63) is 0 Å². The fraction of sp³-hybridized carbons (Fsp3) is 0.909. The monoisotopic (exact) mass is 293 g/mol. The van der Waals surface area contributed by atoms with E-state index in [1.807, 2.05) is 6.92 Å². The molecule has 0 aliphatic carbocycles. The van der Waals surface area contributed by atoms with Gasteiger partial charge in [-0.1, -0.05) is 0 Å². The summed E-state index contributed by atoms with van der Waals surface area (Å²) in [6.07, 6.45) is 2.16. The lowest BCUT2D eigenvalue weighted by molar-refractivity contribution is -0.134. The van der Waals surface area contributed by atoms with Crippen molar-refractivity contribution in [2.24, 2.45) is 11.1 Å². The van der Waals surface area contributed by atoms with E-state index in [9.17, 15) is 13.2 Å². The van der Waals surface area contributed by atoms with E-state index < -0.39 is 10.2 Å². The Morgan fingerprint density at radius 1 is 1.53 bits per heavy atom. The Morgan fingerprint density at radius 2 is 2.26 bits per heavy atom. The van der Waals surface area contributed by atoms with Gasteiger partial charge in [0.25, 0.3) is 10.2 Å². The molecule has 1 aliphatic heterocycles. The molecule has 0 bridgehead atoms. The van der Waals surface area contributed by atoms with Gasteiger partial charge in [0.05, 0.1) is 13.0 Å². The van der Waals surface area contributed by atoms with Crippen LogP contribution < -0.4 is 9.86 Å². The van der Waals surface area contributed by atoms with E-state index in [0.717, 1.165) is 19.4 Å². The number of hydrogen-bond acceptors (Lipinski definition) is 4. The summed E-state index contributed by atoms with van der Waals surface area (Å²) >= 11 is 0. The Bertz CT molecular complexity index is 385. The highest BCUT2D eigenvalue weighted by Gasteiger charge is 2.23. The second kappa shape index (κ2) is 7.78. The highest BCUT2D eigenvalue weighted by atomic mass is 32.2. The summed E-state index contributed by atoms with van der Waals surface area (Å²) in [4.78, 5) is 13.7. The fourth-order valence-electron chi connectivity index (χ4n) is 2.15. The van der Waals surface area contributed by atoms with E-state index >= 15 is 0 Å². The predicted octanol–water partition coefficient (Wildman–Crippen LogP) is -0.555. The van der Waals surface area contributed by atoms with Gasteiger partial charge in [0.2, 0.25) is 5.91 Å². The molecule has 1 unspecified atom stereocenters. The number of hydrogen-bond donors (Lipinski definition) is 2. The first kappa shape index (κ1) is 16.4. The molecule has 0 aromatic rings. The maximum Gasteiger partial charge on any atom is 0.274 e. The average Bonchev–Trinajstić information content (AvgIpc) is 2.36. The average molecular weight is 293 g/mol. The summed E-state index contributed by atoms with van der Waals surface area (Å²) < 4.78 is 29.1. The van der Waals surface area contributed by atoms with Crippen LogP contribution in [0.3, 0.4) is 0 Å². The number of carbonyl (C=O) groups is 1. The van der Waals surface area contributed by atoms with Crippen LogP contribution in [0, 0.1) is 5.92 Å². The van der Waals surface area contributed by atoms with Gasteiger partial charge in [-0.25, -0.2) is 9.86 Å². The van der Waals surface area contributed by atoms with Crippen LogP contribution in [0.5, 0.6) is 0 Å². The summed E-state index contributed by atoms with van der Waals surface area (Å²) in [5.41, 5.74) is 0. The smallest absolute Gasteiger partial charge is 0.274 e. The van der Waals surface area contributed by atoms with Gasteiger partial charge in [-0.05, 0) is 25.7 Å². The summed E-state index contributed by atoms with van der Waals surface area (Å²) in [5, 5.41) is 4.89. The summed E-state index contributed by atoms with van der Waals surface area (Å²) in [5.74, 6) is 0.192. The molecule has 1 saturated heterocycles. The number of carbonyl (C=O) groups excluding carboxylic acids is 1. The highest BCUT2D eigenvalue weighted by molar-refractivity contribution is 7.87. The highest BCUT2D eigenvalue weighted by Crippen LogP contribution is 2.16. The molecule has 1 rings (SSSR count). The summed E-state index contributed by atoms with van der Waals surface area (Å²) in [7, 11) is -3.65. The van der Waals surface area contributed by atoms with Crippen molar-refractivity contribution < 1.29 is 17.9 Å². The molecule has 1 heterocycles. The lowest BCUT2D eigenvalue weighted by Gasteiger charge is -2.32. The van der Waals surface area contributed by atoms with Gasteiger partial charge < -0.3 is 9.64 Å². The van der Waals surface area contributed by atoms with Crippen LogP contribution in [0.4, 0.5) is 0 Å². The van der Waals surface area contributed by atoms with Crippen molar-refractivity contribution in [1.29, 1.82) is 0 Å². The quantitative estimate of drug-likeness (QED) is 0.615. The minimum absolute atomic E-state index is 0.0637. The SMILES string of the molecule is CCOCCC(=O)N1CCCC(CNS(N)(=O)=O)C1. The number of nitrogens with one attached hydrogen (secondary N) is 1. The number of amides is 1. The molecule has 112 valence electrons. The Kier molecular flexibility index (Phi) is 6.70. The topological polar surface area (TPSA) is 102 Å². The first-order valence-electron chi connectivity index (χ1n) is 6.55. The van der Waals surface area contributed by atoms with Crippen molar-refractivity contribution in [1.82, 2.24) is 9.62 Å². The van der Waals surface area contributed by atoms with Crippen molar-refractivity contribution in [2.45, 2.75) is 26.2 Å². The molecule has 0 saturated carbocycles. The Labute approximate surface area is 114 Å². The third-order valence-corrected chi connectivity index (χ3v) is 3.68. The molecule has 1 fully saturated rings. The van der Waals surface area contributed by atoms with E-state index in [0.29, 0.717) is 26.2 Å². The van der Waals surface area contributed by atoms with Gasteiger partial charge in [0, 0.05) is 26.2 Å². The van der Waals surface area contributed by atoms with Crippen LogP contribution >= 0.6 is 0 Å². The van der Waals surface area contributed by atoms with E-state index in [2.05, 4.69) is 4.72 Å². The largest absolute Gasteiger partial charge is 0.381 e. The predicted molar refractivity (Wildman–Crippen MR) is 71.5 cm³/mol. The summed E-state index contributed by atoms with van der Waals surface area (Å²) in [6.45, 7) is 4.53. The fourth-order valence-corrected chi connectivity index (χ4v) is 2.62. The Morgan fingerprint density at radius 3 is 2.89 bits per heavy atom. The van der Waals surface area contributed by atoms with E-state index in [1.165, 1.54) is 0 Å². The molecule has 0 aromatic heterocycles. The number of rotatable bonds is 7. The Balaban J connectivity index is 2.34. The van der Waals surface area contributed by atoms with Gasteiger partial charge in [0.15, 0.2) is 0 Å². The molecule has 1 atom stereocenters. The standard InChI is InChI=1S/C11H23N3O4S/c1-2-18-7-5-11(15)14-6-3-4-10(9-14)8-13-19(12,16)17/h10,13H,2-9H2,1H3,(H2,12,16,17). The third kappa shape index (κ3) is 6.86. The maximum absolute atomic E-state index is 11.9. The van der Waals surface area contributed by atoms with Crippen molar-refractivity contribution in [2.75, 3.05) is 32.8 Å². The zero-order valence-corrected chi connectivity index (χ0v) is 12.1. The second-order valence-corrected chi connectivity index (χ2v) is 6.07. The molecule has 0 radical (unpaired) electrons. The van der Waals surface area contributed by atoms with Crippen molar-refractivity contribution >= 4 is 16.1 Å². The first-order valence-corrected chi connectivity index (χ1v) is 8.10. The van der Waals surface area contributed by atoms with Crippen LogP contribution in [0.25, 0.3) is 0 Å². The van der Waals surface area contributed by atoms with E-state index in [4.69, 9.17) is 9.88 Å².